The van der Waals surface area contributed by atoms with Gasteiger partial charge < -0.3 is 10.6 Å². The molecule has 1 aromatic carbocycles. The molecule has 0 unspecified atom stereocenters. The van der Waals surface area contributed by atoms with Gasteiger partial charge in [-0.15, -0.1) is 0 Å². The molecule has 0 aliphatic carbocycles. The lowest BCUT2D eigenvalue weighted by Gasteiger charge is -2.09. The first-order valence-corrected chi connectivity index (χ1v) is 6.67. The Hall–Kier alpha value is -1.81. The number of benzene rings is 1. The number of nitrogens with one attached hydrogen (secondary N) is 2. The normalized spacial score (nSPS) is 10.3. The maximum atomic E-state index is 6.18. The van der Waals surface area contributed by atoms with E-state index in [-0.39, 0.29) is 0 Å². The van der Waals surface area contributed by atoms with Crippen LogP contribution in [-0.4, -0.2) is 16.5 Å². The van der Waals surface area contributed by atoms with Crippen LogP contribution in [0, 0.1) is 6.92 Å². The number of hydrogen-bond donors (Lipinski definition) is 2. The van der Waals surface area contributed by atoms with Gasteiger partial charge in [-0.25, -0.2) is 4.98 Å². The molecule has 2 rings (SSSR count). The van der Waals surface area contributed by atoms with Gasteiger partial charge in [0.1, 0.15) is 5.82 Å². The molecule has 4 nitrogen and oxygen atoms in total. The Kier molecular flexibility index (Phi) is 4.58. The largest absolute Gasteiger partial charge is 0.354 e. The molecule has 0 aliphatic heterocycles. The molecule has 5 heteroatoms. The van der Waals surface area contributed by atoms with Crippen molar-refractivity contribution in [2.75, 3.05) is 17.2 Å². The van der Waals surface area contributed by atoms with Gasteiger partial charge in [-0.2, -0.15) is 4.98 Å². The Morgan fingerprint density at radius 3 is 2.84 bits per heavy atom. The molecule has 0 aliphatic rings. The van der Waals surface area contributed by atoms with E-state index < -0.39 is 0 Å². The summed E-state index contributed by atoms with van der Waals surface area (Å²) in [6, 6.07) is 7.68. The minimum atomic E-state index is 0.620. The van der Waals surface area contributed by atoms with Gasteiger partial charge in [0.2, 0.25) is 5.95 Å². The highest BCUT2D eigenvalue weighted by atomic mass is 35.5. The first-order chi connectivity index (χ1) is 9.19. The summed E-state index contributed by atoms with van der Waals surface area (Å²) in [5.74, 6) is 1.34. The SMILES string of the molecule is CCCNc1nccc(Nc2ccc(C)cc2Cl)n1. The summed E-state index contributed by atoms with van der Waals surface area (Å²) in [6.07, 6.45) is 2.75. The minimum absolute atomic E-state index is 0.620. The van der Waals surface area contributed by atoms with Gasteiger partial charge in [0, 0.05) is 12.7 Å². The van der Waals surface area contributed by atoms with E-state index in [2.05, 4.69) is 27.5 Å². The van der Waals surface area contributed by atoms with Gasteiger partial charge >= 0.3 is 0 Å². The quantitative estimate of drug-likeness (QED) is 0.866. The summed E-state index contributed by atoms with van der Waals surface area (Å²) in [5.41, 5.74) is 1.97. The van der Waals surface area contributed by atoms with Crippen LogP contribution in [0.2, 0.25) is 5.02 Å². The van der Waals surface area contributed by atoms with E-state index >= 15 is 0 Å². The fraction of sp³-hybridized carbons (Fsp3) is 0.286. The van der Waals surface area contributed by atoms with Crippen LogP contribution in [0.1, 0.15) is 18.9 Å². The van der Waals surface area contributed by atoms with Crippen LogP contribution < -0.4 is 10.6 Å². The van der Waals surface area contributed by atoms with Crippen molar-refractivity contribution in [1.29, 1.82) is 0 Å². The summed E-state index contributed by atoms with van der Waals surface area (Å²) in [4.78, 5) is 8.54. The molecule has 2 N–H and O–H groups in total. The maximum absolute atomic E-state index is 6.18. The van der Waals surface area contributed by atoms with Crippen molar-refractivity contribution in [2.24, 2.45) is 0 Å². The zero-order chi connectivity index (χ0) is 13.7. The van der Waals surface area contributed by atoms with Gasteiger partial charge in [-0.05, 0) is 37.1 Å². The molecule has 0 fully saturated rings. The molecule has 0 bridgehead atoms. The highest BCUT2D eigenvalue weighted by Crippen LogP contribution is 2.25. The molecule has 0 amide bonds. The van der Waals surface area contributed by atoms with E-state index in [9.17, 15) is 0 Å². The van der Waals surface area contributed by atoms with E-state index in [1.807, 2.05) is 31.2 Å². The van der Waals surface area contributed by atoms with Crippen LogP contribution in [0.5, 0.6) is 0 Å². The predicted octanol–water partition coefficient (Wildman–Crippen LogP) is 4.00. The van der Waals surface area contributed by atoms with Crippen LogP contribution in [-0.2, 0) is 0 Å². The van der Waals surface area contributed by atoms with Crippen LogP contribution in [0.15, 0.2) is 30.5 Å². The van der Waals surface area contributed by atoms with Crippen LogP contribution in [0.3, 0.4) is 0 Å². The Morgan fingerprint density at radius 1 is 1.26 bits per heavy atom. The topological polar surface area (TPSA) is 49.8 Å². The number of aromatic nitrogens is 2. The van der Waals surface area contributed by atoms with Gasteiger partial charge in [-0.1, -0.05) is 24.6 Å². The molecule has 0 radical (unpaired) electrons. The molecule has 100 valence electrons. The molecular formula is C14H17ClN4. The minimum Gasteiger partial charge on any atom is -0.354 e. The average Bonchev–Trinajstić information content (AvgIpc) is 2.40. The first-order valence-electron chi connectivity index (χ1n) is 6.29. The van der Waals surface area contributed by atoms with E-state index in [1.165, 1.54) is 0 Å². The predicted molar refractivity (Wildman–Crippen MR) is 80.3 cm³/mol. The summed E-state index contributed by atoms with van der Waals surface area (Å²) >= 11 is 6.18. The van der Waals surface area contributed by atoms with Gasteiger partial charge in [-0.3, -0.25) is 0 Å². The lowest BCUT2D eigenvalue weighted by Crippen LogP contribution is -2.05. The Labute approximate surface area is 118 Å². The second-order valence-corrected chi connectivity index (χ2v) is 4.71. The maximum Gasteiger partial charge on any atom is 0.224 e. The van der Waals surface area contributed by atoms with Crippen molar-refractivity contribution in [3.8, 4) is 0 Å². The monoisotopic (exact) mass is 276 g/mol. The fourth-order valence-electron chi connectivity index (χ4n) is 1.61. The molecular weight excluding hydrogens is 260 g/mol. The van der Waals surface area contributed by atoms with Crippen molar-refractivity contribution in [3.63, 3.8) is 0 Å². The van der Waals surface area contributed by atoms with E-state index in [0.29, 0.717) is 11.0 Å². The molecule has 2 aromatic rings. The molecule has 1 heterocycles. The van der Waals surface area contributed by atoms with Crippen molar-refractivity contribution in [3.05, 3.63) is 41.0 Å². The summed E-state index contributed by atoms with van der Waals surface area (Å²) in [7, 11) is 0. The van der Waals surface area contributed by atoms with Gasteiger partial charge in [0.15, 0.2) is 0 Å². The number of halogens is 1. The molecule has 1 aromatic heterocycles. The molecule has 0 saturated carbocycles. The third kappa shape index (κ3) is 3.83. The highest BCUT2D eigenvalue weighted by Gasteiger charge is 2.03. The number of hydrogen-bond acceptors (Lipinski definition) is 4. The summed E-state index contributed by atoms with van der Waals surface area (Å²) in [5, 5.41) is 7.02. The number of anilines is 3. The van der Waals surface area contributed by atoms with Gasteiger partial charge in [0.25, 0.3) is 0 Å². The summed E-state index contributed by atoms with van der Waals surface area (Å²) < 4.78 is 0. The Bertz CT molecular complexity index is 557. The molecule has 0 saturated heterocycles. The first kappa shape index (κ1) is 13.6. The van der Waals surface area contributed by atoms with Crippen molar-refractivity contribution >= 4 is 29.1 Å². The smallest absolute Gasteiger partial charge is 0.224 e. The lowest BCUT2D eigenvalue weighted by atomic mass is 10.2. The zero-order valence-electron chi connectivity index (χ0n) is 11.1. The lowest BCUT2D eigenvalue weighted by molar-refractivity contribution is 0.953. The van der Waals surface area contributed by atoms with E-state index in [1.54, 1.807) is 6.20 Å². The number of nitrogens with zero attached hydrogens (tertiary/aromatic N) is 2. The third-order valence-electron chi connectivity index (χ3n) is 2.58. The number of aryl methyl sites for hydroxylation is 1. The standard InChI is InChI=1S/C14H17ClN4/c1-3-7-16-14-17-8-6-13(19-14)18-12-5-4-10(2)9-11(12)15/h4-6,8-9H,3,7H2,1-2H3,(H2,16,17,18,19). The average molecular weight is 277 g/mol. The molecule has 19 heavy (non-hydrogen) atoms. The number of rotatable bonds is 5. The highest BCUT2D eigenvalue weighted by molar-refractivity contribution is 6.33. The summed E-state index contributed by atoms with van der Waals surface area (Å²) in [6.45, 7) is 4.96. The van der Waals surface area contributed by atoms with Crippen molar-refractivity contribution < 1.29 is 0 Å². The van der Waals surface area contributed by atoms with E-state index in [4.69, 9.17) is 11.6 Å². The van der Waals surface area contributed by atoms with E-state index in [0.717, 1.165) is 30.0 Å². The van der Waals surface area contributed by atoms with Crippen LogP contribution in [0.4, 0.5) is 17.5 Å². The third-order valence-corrected chi connectivity index (χ3v) is 2.89. The zero-order valence-corrected chi connectivity index (χ0v) is 11.8. The second kappa shape index (κ2) is 6.38. The Balaban J connectivity index is 2.14. The molecule has 0 spiro atoms. The Morgan fingerprint density at radius 2 is 2.11 bits per heavy atom. The van der Waals surface area contributed by atoms with Crippen LogP contribution in [0.25, 0.3) is 0 Å². The fourth-order valence-corrected chi connectivity index (χ4v) is 1.89. The van der Waals surface area contributed by atoms with Crippen molar-refractivity contribution in [1.82, 2.24) is 9.97 Å². The molecule has 0 atom stereocenters. The van der Waals surface area contributed by atoms with Crippen LogP contribution >= 0.6 is 11.6 Å². The van der Waals surface area contributed by atoms with Gasteiger partial charge in [0.05, 0.1) is 10.7 Å². The van der Waals surface area contributed by atoms with Crippen molar-refractivity contribution in [2.45, 2.75) is 20.3 Å². The second-order valence-electron chi connectivity index (χ2n) is 4.30.